The third kappa shape index (κ3) is 3.33. The quantitative estimate of drug-likeness (QED) is 0.631. The maximum absolute atomic E-state index is 13.3. The normalized spacial score (nSPS) is 11.9. The highest BCUT2D eigenvalue weighted by Crippen LogP contribution is 2.38. The second-order valence-corrected chi connectivity index (χ2v) is 5.60. The van der Waals surface area contributed by atoms with Crippen LogP contribution in [0.3, 0.4) is 0 Å². The van der Waals surface area contributed by atoms with Crippen molar-refractivity contribution in [2.45, 2.75) is 11.8 Å². The Bertz CT molecular complexity index is 788. The molecule has 0 fully saturated rings. The first kappa shape index (κ1) is 15.9. The van der Waals surface area contributed by atoms with Crippen molar-refractivity contribution >= 4 is 0 Å². The van der Waals surface area contributed by atoms with Crippen molar-refractivity contribution in [2.24, 2.45) is 0 Å². The third-order valence-electron chi connectivity index (χ3n) is 4.09. The smallest absolute Gasteiger partial charge is 0.123 e. The van der Waals surface area contributed by atoms with Crippen LogP contribution < -0.4 is 0 Å². The van der Waals surface area contributed by atoms with Gasteiger partial charge in [-0.15, -0.1) is 0 Å². The fourth-order valence-electron chi connectivity index (χ4n) is 2.92. The molecule has 0 radical (unpaired) electrons. The zero-order chi connectivity index (χ0) is 16.9. The standard InChI is InChI=1S/C21H15F2N/c22-18-10-6-16(7-11-18)21(17-8-12-19(23)13-9-17)20(14-24)15-4-2-1-3-5-15/h1-13,20-21H. The lowest BCUT2D eigenvalue weighted by Crippen LogP contribution is -2.12. The zero-order valence-corrected chi connectivity index (χ0v) is 12.9. The van der Waals surface area contributed by atoms with Crippen molar-refractivity contribution in [2.75, 3.05) is 0 Å². The SMILES string of the molecule is N#CC(c1ccccc1)C(c1ccc(F)cc1)c1ccc(F)cc1. The first-order valence-electron chi connectivity index (χ1n) is 7.64. The van der Waals surface area contributed by atoms with E-state index in [9.17, 15) is 14.0 Å². The van der Waals surface area contributed by atoms with E-state index in [0.29, 0.717) is 0 Å². The van der Waals surface area contributed by atoms with Gasteiger partial charge < -0.3 is 0 Å². The van der Waals surface area contributed by atoms with Gasteiger partial charge in [-0.3, -0.25) is 0 Å². The summed E-state index contributed by atoms with van der Waals surface area (Å²) >= 11 is 0. The van der Waals surface area contributed by atoms with Gasteiger partial charge in [0.25, 0.3) is 0 Å². The minimum Gasteiger partial charge on any atom is -0.207 e. The summed E-state index contributed by atoms with van der Waals surface area (Å²) in [4.78, 5) is 0. The van der Waals surface area contributed by atoms with Crippen molar-refractivity contribution < 1.29 is 8.78 Å². The Morgan fingerprint density at radius 2 is 1.08 bits per heavy atom. The topological polar surface area (TPSA) is 23.8 Å². The molecular weight excluding hydrogens is 304 g/mol. The zero-order valence-electron chi connectivity index (χ0n) is 12.9. The second kappa shape index (κ2) is 7.06. The molecule has 0 saturated heterocycles. The van der Waals surface area contributed by atoms with Gasteiger partial charge in [-0.25, -0.2) is 8.78 Å². The van der Waals surface area contributed by atoms with Crippen LogP contribution in [0.5, 0.6) is 0 Å². The summed E-state index contributed by atoms with van der Waals surface area (Å²) in [5.74, 6) is -1.42. The van der Waals surface area contributed by atoms with E-state index >= 15 is 0 Å². The van der Waals surface area contributed by atoms with E-state index in [1.165, 1.54) is 24.3 Å². The third-order valence-corrected chi connectivity index (χ3v) is 4.09. The Balaban J connectivity index is 2.12. The predicted octanol–water partition coefficient (Wildman–Crippen LogP) is 5.40. The van der Waals surface area contributed by atoms with E-state index in [0.717, 1.165) is 16.7 Å². The van der Waals surface area contributed by atoms with Gasteiger partial charge in [-0.05, 0) is 41.0 Å². The average molecular weight is 319 g/mol. The maximum Gasteiger partial charge on any atom is 0.123 e. The number of hydrogen-bond donors (Lipinski definition) is 0. The Morgan fingerprint density at radius 1 is 0.625 bits per heavy atom. The van der Waals surface area contributed by atoms with E-state index in [-0.39, 0.29) is 17.6 Å². The number of halogens is 2. The lowest BCUT2D eigenvalue weighted by atomic mass is 9.78. The summed E-state index contributed by atoms with van der Waals surface area (Å²) in [6, 6.07) is 24.0. The van der Waals surface area contributed by atoms with E-state index in [2.05, 4.69) is 6.07 Å². The molecule has 0 spiro atoms. The van der Waals surface area contributed by atoms with Crippen LogP contribution in [-0.2, 0) is 0 Å². The number of nitrogens with zero attached hydrogens (tertiary/aromatic N) is 1. The largest absolute Gasteiger partial charge is 0.207 e. The molecule has 0 amide bonds. The lowest BCUT2D eigenvalue weighted by Gasteiger charge is -2.23. The molecule has 0 saturated carbocycles. The highest BCUT2D eigenvalue weighted by Gasteiger charge is 2.26. The summed E-state index contributed by atoms with van der Waals surface area (Å²) < 4.78 is 26.6. The molecule has 3 rings (SSSR count). The van der Waals surface area contributed by atoms with Gasteiger partial charge in [-0.1, -0.05) is 54.6 Å². The van der Waals surface area contributed by atoms with Crippen molar-refractivity contribution in [1.29, 1.82) is 5.26 Å². The molecular formula is C21H15F2N. The molecule has 0 aliphatic heterocycles. The molecule has 118 valence electrons. The number of nitriles is 1. The summed E-state index contributed by atoms with van der Waals surface area (Å²) in [6.45, 7) is 0. The van der Waals surface area contributed by atoms with Crippen LogP contribution in [0, 0.1) is 23.0 Å². The molecule has 3 aromatic carbocycles. The first-order valence-corrected chi connectivity index (χ1v) is 7.64. The molecule has 0 bridgehead atoms. The van der Waals surface area contributed by atoms with E-state index < -0.39 is 5.92 Å². The van der Waals surface area contributed by atoms with Crippen molar-refractivity contribution in [3.8, 4) is 6.07 Å². The van der Waals surface area contributed by atoms with E-state index in [4.69, 9.17) is 0 Å². The summed E-state index contributed by atoms with van der Waals surface area (Å²) in [7, 11) is 0. The Labute approximate surface area is 139 Å². The summed E-state index contributed by atoms with van der Waals surface area (Å²) in [5, 5.41) is 9.78. The van der Waals surface area contributed by atoms with Crippen LogP contribution in [-0.4, -0.2) is 0 Å². The van der Waals surface area contributed by atoms with Crippen molar-refractivity contribution in [1.82, 2.24) is 0 Å². The van der Waals surface area contributed by atoms with Crippen LogP contribution in [0.4, 0.5) is 8.78 Å². The van der Waals surface area contributed by atoms with Gasteiger partial charge in [0.1, 0.15) is 11.6 Å². The number of hydrogen-bond acceptors (Lipinski definition) is 1. The van der Waals surface area contributed by atoms with E-state index in [1.54, 1.807) is 24.3 Å². The van der Waals surface area contributed by atoms with Crippen molar-refractivity contribution in [3.05, 3.63) is 107 Å². The molecule has 0 aromatic heterocycles. The van der Waals surface area contributed by atoms with Crippen LogP contribution in [0.25, 0.3) is 0 Å². The number of benzene rings is 3. The van der Waals surface area contributed by atoms with Crippen LogP contribution >= 0.6 is 0 Å². The van der Waals surface area contributed by atoms with Crippen LogP contribution in [0.15, 0.2) is 78.9 Å². The van der Waals surface area contributed by atoms with Gasteiger partial charge in [0.2, 0.25) is 0 Å². The van der Waals surface area contributed by atoms with Gasteiger partial charge in [-0.2, -0.15) is 5.26 Å². The molecule has 1 unspecified atom stereocenters. The first-order chi connectivity index (χ1) is 11.7. The van der Waals surface area contributed by atoms with Gasteiger partial charge in [0.05, 0.1) is 12.0 Å². The molecule has 3 aromatic rings. The molecule has 0 N–H and O–H groups in total. The summed E-state index contributed by atoms with van der Waals surface area (Å²) in [5.41, 5.74) is 2.51. The minimum absolute atomic E-state index is 0.307. The molecule has 0 heterocycles. The fourth-order valence-corrected chi connectivity index (χ4v) is 2.92. The van der Waals surface area contributed by atoms with Gasteiger partial charge >= 0.3 is 0 Å². The van der Waals surface area contributed by atoms with Gasteiger partial charge in [0, 0.05) is 5.92 Å². The van der Waals surface area contributed by atoms with Crippen LogP contribution in [0.1, 0.15) is 28.5 Å². The van der Waals surface area contributed by atoms with Crippen LogP contribution in [0.2, 0.25) is 0 Å². The van der Waals surface area contributed by atoms with Crippen molar-refractivity contribution in [3.63, 3.8) is 0 Å². The Kier molecular flexibility index (Phi) is 4.67. The Hall–Kier alpha value is -2.99. The lowest BCUT2D eigenvalue weighted by molar-refractivity contribution is 0.622. The predicted molar refractivity (Wildman–Crippen MR) is 89.4 cm³/mol. The van der Waals surface area contributed by atoms with E-state index in [1.807, 2.05) is 30.3 Å². The average Bonchev–Trinajstić information content (AvgIpc) is 2.62. The Morgan fingerprint density at radius 3 is 1.50 bits per heavy atom. The molecule has 0 aliphatic rings. The molecule has 24 heavy (non-hydrogen) atoms. The maximum atomic E-state index is 13.3. The summed E-state index contributed by atoms with van der Waals surface area (Å²) in [6.07, 6.45) is 0. The highest BCUT2D eigenvalue weighted by atomic mass is 19.1. The molecule has 1 nitrogen and oxygen atoms in total. The second-order valence-electron chi connectivity index (χ2n) is 5.60. The fraction of sp³-hybridized carbons (Fsp3) is 0.0952. The molecule has 1 atom stereocenters. The number of rotatable bonds is 4. The highest BCUT2D eigenvalue weighted by molar-refractivity contribution is 5.41. The van der Waals surface area contributed by atoms with Gasteiger partial charge in [0.15, 0.2) is 0 Å². The minimum atomic E-state index is -0.456. The molecule has 0 aliphatic carbocycles. The molecule has 3 heteroatoms. The monoisotopic (exact) mass is 319 g/mol.